The molecule has 0 radical (unpaired) electrons. The summed E-state index contributed by atoms with van der Waals surface area (Å²) in [6.07, 6.45) is 1.93. The molecule has 0 spiro atoms. The van der Waals surface area contributed by atoms with Crippen molar-refractivity contribution in [1.29, 1.82) is 0 Å². The molecule has 7 nitrogen and oxygen atoms in total. The first-order chi connectivity index (χ1) is 9.86. The van der Waals surface area contributed by atoms with Gasteiger partial charge in [-0.15, -0.1) is 0 Å². The van der Waals surface area contributed by atoms with Crippen LogP contribution in [0.4, 0.5) is 4.79 Å². The highest BCUT2D eigenvalue weighted by molar-refractivity contribution is 5.87. The highest BCUT2D eigenvalue weighted by Crippen LogP contribution is 2.18. The molecule has 3 amide bonds. The molecule has 1 saturated heterocycles. The molecule has 7 heteroatoms. The van der Waals surface area contributed by atoms with Crippen molar-refractivity contribution in [3.05, 3.63) is 0 Å². The predicted octanol–water partition coefficient (Wildman–Crippen LogP) is 0.653. The number of amides is 3. The number of nitrogens with one attached hydrogen (secondary N) is 2. The van der Waals surface area contributed by atoms with E-state index in [0.717, 1.165) is 6.42 Å². The van der Waals surface area contributed by atoms with Gasteiger partial charge < -0.3 is 20.6 Å². The minimum absolute atomic E-state index is 0.0866. The molecule has 1 aliphatic heterocycles. The van der Waals surface area contributed by atoms with Gasteiger partial charge >= 0.3 is 12.0 Å². The maximum Gasteiger partial charge on any atom is 0.318 e. The molecule has 120 valence electrons. The second kappa shape index (κ2) is 7.85. The van der Waals surface area contributed by atoms with Crippen LogP contribution < -0.4 is 10.6 Å². The van der Waals surface area contributed by atoms with E-state index < -0.39 is 17.9 Å². The number of carboxylic acid groups (broad SMARTS) is 1. The van der Waals surface area contributed by atoms with Crippen LogP contribution >= 0.6 is 0 Å². The molecule has 2 unspecified atom stereocenters. The zero-order valence-corrected chi connectivity index (χ0v) is 12.9. The highest BCUT2D eigenvalue weighted by atomic mass is 16.4. The quantitative estimate of drug-likeness (QED) is 0.670. The van der Waals surface area contributed by atoms with Gasteiger partial charge in [-0.1, -0.05) is 13.8 Å². The van der Waals surface area contributed by atoms with Crippen LogP contribution in [0.3, 0.4) is 0 Å². The van der Waals surface area contributed by atoms with Gasteiger partial charge in [-0.3, -0.25) is 9.59 Å². The molecule has 1 heterocycles. The number of aliphatic carboxylic acids is 1. The summed E-state index contributed by atoms with van der Waals surface area (Å²) in [5.74, 6) is -1.45. The molecule has 0 aromatic rings. The number of likely N-dealkylation sites (N-methyl/N-ethyl adjacent to an activating group) is 1. The van der Waals surface area contributed by atoms with Crippen molar-refractivity contribution in [2.75, 3.05) is 20.1 Å². The lowest BCUT2D eigenvalue weighted by Crippen LogP contribution is -2.50. The fraction of sp³-hybridized carbons (Fsp3) is 0.786. The van der Waals surface area contributed by atoms with E-state index in [2.05, 4.69) is 10.6 Å². The largest absolute Gasteiger partial charge is 0.481 e. The van der Waals surface area contributed by atoms with Crippen LogP contribution in [0.2, 0.25) is 0 Å². The summed E-state index contributed by atoms with van der Waals surface area (Å²) in [6.45, 7) is 4.49. The van der Waals surface area contributed by atoms with E-state index in [0.29, 0.717) is 19.4 Å². The number of carboxylic acids is 1. The van der Waals surface area contributed by atoms with Crippen molar-refractivity contribution in [2.45, 2.75) is 39.2 Å². The summed E-state index contributed by atoms with van der Waals surface area (Å²) in [4.78, 5) is 36.5. The Morgan fingerprint density at radius 2 is 2.00 bits per heavy atom. The minimum Gasteiger partial charge on any atom is -0.481 e. The molecule has 21 heavy (non-hydrogen) atoms. The Balaban J connectivity index is 2.55. The first kappa shape index (κ1) is 17.3. The Hall–Kier alpha value is -1.79. The maximum absolute atomic E-state index is 12.1. The molecule has 0 saturated carbocycles. The molecule has 0 bridgehead atoms. The number of carbonyl (C=O) groups excluding carboxylic acids is 2. The van der Waals surface area contributed by atoms with Crippen molar-refractivity contribution in [2.24, 2.45) is 11.8 Å². The van der Waals surface area contributed by atoms with Crippen molar-refractivity contribution in [3.63, 3.8) is 0 Å². The van der Waals surface area contributed by atoms with Gasteiger partial charge in [0, 0.05) is 20.1 Å². The number of nitrogens with zero attached hydrogens (tertiary/aromatic N) is 1. The van der Waals surface area contributed by atoms with Gasteiger partial charge in [-0.2, -0.15) is 0 Å². The number of carbonyl (C=O) groups is 3. The van der Waals surface area contributed by atoms with Gasteiger partial charge in [-0.05, 0) is 25.2 Å². The predicted molar refractivity (Wildman–Crippen MR) is 77.8 cm³/mol. The Kier molecular flexibility index (Phi) is 6.45. The van der Waals surface area contributed by atoms with Gasteiger partial charge in [0.05, 0.1) is 5.92 Å². The fourth-order valence-electron chi connectivity index (χ4n) is 2.60. The van der Waals surface area contributed by atoms with Crippen molar-refractivity contribution >= 4 is 17.9 Å². The van der Waals surface area contributed by atoms with E-state index in [1.54, 1.807) is 7.05 Å². The molecular weight excluding hydrogens is 274 g/mol. The first-order valence-electron chi connectivity index (χ1n) is 7.35. The van der Waals surface area contributed by atoms with E-state index >= 15 is 0 Å². The van der Waals surface area contributed by atoms with Crippen LogP contribution in [0.1, 0.15) is 33.1 Å². The van der Waals surface area contributed by atoms with Crippen molar-refractivity contribution < 1.29 is 19.5 Å². The van der Waals surface area contributed by atoms with Gasteiger partial charge in [0.15, 0.2) is 0 Å². The summed E-state index contributed by atoms with van der Waals surface area (Å²) in [5, 5.41) is 14.3. The SMILES string of the molecule is CNC(=O)C1CCCN1C(=O)NCC(CC(C)C)C(=O)O. The number of hydrogen-bond acceptors (Lipinski definition) is 3. The third-order valence-corrected chi connectivity index (χ3v) is 3.67. The van der Waals surface area contributed by atoms with Crippen LogP contribution in [-0.4, -0.2) is 54.1 Å². The number of urea groups is 1. The zero-order valence-electron chi connectivity index (χ0n) is 12.9. The molecule has 0 aliphatic carbocycles. The molecule has 0 aromatic carbocycles. The van der Waals surface area contributed by atoms with Crippen LogP contribution in [0.25, 0.3) is 0 Å². The average Bonchev–Trinajstić information content (AvgIpc) is 2.90. The number of hydrogen-bond donors (Lipinski definition) is 3. The average molecular weight is 299 g/mol. The second-order valence-electron chi connectivity index (χ2n) is 5.82. The Labute approximate surface area is 125 Å². The van der Waals surface area contributed by atoms with Gasteiger partial charge in [0.2, 0.25) is 5.91 Å². The number of likely N-dealkylation sites (tertiary alicyclic amines) is 1. The van der Waals surface area contributed by atoms with Crippen LogP contribution in [-0.2, 0) is 9.59 Å². The summed E-state index contributed by atoms with van der Waals surface area (Å²) in [5.41, 5.74) is 0. The Bertz CT molecular complexity index is 398. The molecule has 1 aliphatic rings. The minimum atomic E-state index is -0.909. The van der Waals surface area contributed by atoms with E-state index in [1.807, 2.05) is 13.8 Å². The summed E-state index contributed by atoms with van der Waals surface area (Å²) >= 11 is 0. The molecule has 1 rings (SSSR count). The Morgan fingerprint density at radius 1 is 1.33 bits per heavy atom. The zero-order chi connectivity index (χ0) is 16.0. The van der Waals surface area contributed by atoms with Crippen molar-refractivity contribution in [3.8, 4) is 0 Å². The normalized spacial score (nSPS) is 19.4. The highest BCUT2D eigenvalue weighted by Gasteiger charge is 2.33. The molecule has 1 fully saturated rings. The second-order valence-corrected chi connectivity index (χ2v) is 5.82. The summed E-state index contributed by atoms with van der Waals surface area (Å²) in [7, 11) is 1.54. The monoisotopic (exact) mass is 299 g/mol. The third-order valence-electron chi connectivity index (χ3n) is 3.67. The molecule has 3 N–H and O–H groups in total. The van der Waals surface area contributed by atoms with Gasteiger partial charge in [-0.25, -0.2) is 4.79 Å². The van der Waals surface area contributed by atoms with E-state index in [-0.39, 0.29) is 24.4 Å². The first-order valence-corrected chi connectivity index (χ1v) is 7.35. The van der Waals surface area contributed by atoms with Gasteiger partial charge in [0.1, 0.15) is 6.04 Å². The van der Waals surface area contributed by atoms with Crippen LogP contribution in [0.15, 0.2) is 0 Å². The number of rotatable bonds is 6. The molecule has 2 atom stereocenters. The van der Waals surface area contributed by atoms with Crippen LogP contribution in [0, 0.1) is 11.8 Å². The lowest BCUT2D eigenvalue weighted by Gasteiger charge is -2.24. The van der Waals surface area contributed by atoms with Crippen LogP contribution in [0.5, 0.6) is 0 Å². The van der Waals surface area contributed by atoms with Crippen molar-refractivity contribution in [1.82, 2.24) is 15.5 Å². The lowest BCUT2D eigenvalue weighted by molar-refractivity contribution is -0.142. The topological polar surface area (TPSA) is 98.7 Å². The van der Waals surface area contributed by atoms with E-state index in [4.69, 9.17) is 5.11 Å². The van der Waals surface area contributed by atoms with E-state index in [9.17, 15) is 14.4 Å². The fourth-order valence-corrected chi connectivity index (χ4v) is 2.60. The smallest absolute Gasteiger partial charge is 0.318 e. The maximum atomic E-state index is 12.1. The Morgan fingerprint density at radius 3 is 2.52 bits per heavy atom. The lowest BCUT2D eigenvalue weighted by atomic mass is 9.97. The third kappa shape index (κ3) is 4.91. The molecular formula is C14H25N3O4. The summed E-state index contributed by atoms with van der Waals surface area (Å²) < 4.78 is 0. The van der Waals surface area contributed by atoms with E-state index in [1.165, 1.54) is 4.90 Å². The van der Waals surface area contributed by atoms with Gasteiger partial charge in [0.25, 0.3) is 0 Å². The summed E-state index contributed by atoms with van der Waals surface area (Å²) in [6, 6.07) is -0.820. The standard InChI is InChI=1S/C14H25N3O4/c1-9(2)7-10(13(19)20)8-16-14(21)17-6-4-5-11(17)12(18)15-3/h9-11H,4-8H2,1-3H3,(H,15,18)(H,16,21)(H,19,20). The molecule has 0 aromatic heterocycles.